The van der Waals surface area contributed by atoms with E-state index in [0.29, 0.717) is 21.9 Å². The van der Waals surface area contributed by atoms with Gasteiger partial charge in [0.2, 0.25) is 5.82 Å². The number of aromatic nitrogens is 2. The molecule has 1 aliphatic heterocycles. The summed E-state index contributed by atoms with van der Waals surface area (Å²) >= 11 is 12.0. The normalized spacial score (nSPS) is 16.1. The molecule has 7 heteroatoms. The first-order chi connectivity index (χ1) is 16.4. The van der Waals surface area contributed by atoms with Gasteiger partial charge in [0.25, 0.3) is 5.89 Å². The topological polar surface area (TPSA) is 54.2 Å². The number of rotatable bonds is 4. The second kappa shape index (κ2) is 9.05. The van der Waals surface area contributed by atoms with Crippen LogP contribution in [0, 0.1) is 13.8 Å². The summed E-state index contributed by atoms with van der Waals surface area (Å²) in [4.78, 5) is 6.79. The van der Waals surface area contributed by atoms with Crippen molar-refractivity contribution in [1.29, 1.82) is 0 Å². The van der Waals surface area contributed by atoms with Gasteiger partial charge in [-0.05, 0) is 68.4 Å². The van der Waals surface area contributed by atoms with Crippen molar-refractivity contribution in [1.82, 2.24) is 15.5 Å². The van der Waals surface area contributed by atoms with Gasteiger partial charge in [-0.3, -0.25) is 4.90 Å². The minimum atomic E-state index is -0.267. The number of hydrogen-bond acceptors (Lipinski definition) is 4. The first-order valence-corrected chi connectivity index (χ1v) is 11.7. The van der Waals surface area contributed by atoms with Gasteiger partial charge in [0, 0.05) is 22.0 Å². The fourth-order valence-corrected chi connectivity index (χ4v) is 4.64. The summed E-state index contributed by atoms with van der Waals surface area (Å²) in [7, 11) is 0. The van der Waals surface area contributed by atoms with Crippen molar-refractivity contribution in [2.24, 2.45) is 0 Å². The molecule has 0 saturated carbocycles. The van der Waals surface area contributed by atoms with Crippen LogP contribution in [-0.4, -0.2) is 15.3 Å². The minimum absolute atomic E-state index is 0.267. The summed E-state index contributed by atoms with van der Waals surface area (Å²) in [6.45, 7) is 6.14. The zero-order valence-corrected chi connectivity index (χ0v) is 20.6. The number of thiocarbonyl (C=S) groups is 1. The van der Waals surface area contributed by atoms with Crippen molar-refractivity contribution in [3.05, 3.63) is 106 Å². The van der Waals surface area contributed by atoms with Gasteiger partial charge in [-0.2, -0.15) is 4.98 Å². The Bertz CT molecular complexity index is 1390. The molecule has 0 saturated heterocycles. The highest BCUT2D eigenvalue weighted by atomic mass is 35.5. The number of benzene rings is 3. The average Bonchev–Trinajstić information content (AvgIpc) is 3.29. The van der Waals surface area contributed by atoms with Gasteiger partial charge < -0.3 is 9.84 Å². The molecule has 0 amide bonds. The zero-order valence-electron chi connectivity index (χ0n) is 19.0. The maximum absolute atomic E-state index is 6.15. The van der Waals surface area contributed by atoms with Crippen LogP contribution in [-0.2, 0) is 0 Å². The quantitative estimate of drug-likeness (QED) is 0.317. The molecule has 3 aromatic carbocycles. The number of hydrogen-bond donors (Lipinski definition) is 1. The maximum atomic E-state index is 6.15. The summed E-state index contributed by atoms with van der Waals surface area (Å²) in [5.74, 6) is 0.987. The molecule has 0 fully saturated rings. The first-order valence-electron chi connectivity index (χ1n) is 11.0. The van der Waals surface area contributed by atoms with Crippen LogP contribution in [0.15, 0.2) is 83.0 Å². The lowest BCUT2D eigenvalue weighted by Gasteiger charge is -2.37. The third-order valence-electron chi connectivity index (χ3n) is 5.91. The van der Waals surface area contributed by atoms with E-state index in [9.17, 15) is 0 Å². The van der Waals surface area contributed by atoms with E-state index < -0.39 is 0 Å². The molecule has 0 bridgehead atoms. The minimum Gasteiger partial charge on any atom is -0.351 e. The van der Waals surface area contributed by atoms with Gasteiger partial charge in [-0.15, -0.1) is 0 Å². The van der Waals surface area contributed by atoms with Crippen LogP contribution in [0.5, 0.6) is 0 Å². The summed E-state index contributed by atoms with van der Waals surface area (Å²) in [5.41, 5.74) is 6.98. The van der Waals surface area contributed by atoms with Crippen LogP contribution < -0.4 is 10.2 Å². The van der Waals surface area contributed by atoms with Gasteiger partial charge in [-0.1, -0.05) is 70.9 Å². The van der Waals surface area contributed by atoms with E-state index in [0.717, 1.165) is 33.6 Å². The van der Waals surface area contributed by atoms with Gasteiger partial charge in [0.1, 0.15) is 0 Å². The Morgan fingerprint density at radius 3 is 2.38 bits per heavy atom. The van der Waals surface area contributed by atoms with E-state index in [1.165, 1.54) is 5.56 Å². The lowest BCUT2D eigenvalue weighted by Crippen LogP contribution is -2.46. The highest BCUT2D eigenvalue weighted by Gasteiger charge is 2.34. The molecule has 0 aliphatic carbocycles. The average molecular weight is 487 g/mol. The van der Waals surface area contributed by atoms with Crippen molar-refractivity contribution in [3.8, 4) is 11.4 Å². The second-order valence-corrected chi connectivity index (χ2v) is 9.22. The molecule has 2 heterocycles. The van der Waals surface area contributed by atoms with Gasteiger partial charge in [0.05, 0.1) is 11.6 Å². The van der Waals surface area contributed by atoms with E-state index in [1.807, 2.05) is 79.4 Å². The molecule has 5 nitrogen and oxygen atoms in total. The molecule has 1 aliphatic rings. The monoisotopic (exact) mass is 486 g/mol. The molecular formula is C27H23ClN4OS. The zero-order chi connectivity index (χ0) is 23.8. The highest BCUT2D eigenvalue weighted by molar-refractivity contribution is 7.80. The number of aryl methyl sites for hydroxylation is 2. The standard InChI is InChI=1S/C27H23ClN4OS/c1-16-7-9-20(10-8-16)25-30-26(33-31-25)23-18(3)32(22-6-4-5-17(2)15-22)27(34)29-24(23)19-11-13-21(28)14-12-19/h4-15,24H,1-3H3,(H,29,34). The van der Waals surface area contributed by atoms with E-state index >= 15 is 0 Å². The summed E-state index contributed by atoms with van der Waals surface area (Å²) in [6, 6.07) is 23.7. The molecule has 4 aromatic rings. The third-order valence-corrected chi connectivity index (χ3v) is 6.47. The molecule has 1 unspecified atom stereocenters. The van der Waals surface area contributed by atoms with E-state index in [4.69, 9.17) is 33.3 Å². The number of nitrogens with one attached hydrogen (secondary N) is 1. The van der Waals surface area contributed by atoms with E-state index in [1.54, 1.807) is 0 Å². The fraction of sp³-hybridized carbons (Fsp3) is 0.148. The smallest absolute Gasteiger partial charge is 0.258 e. The number of anilines is 1. The van der Waals surface area contributed by atoms with Crippen molar-refractivity contribution >= 4 is 40.2 Å². The highest BCUT2D eigenvalue weighted by Crippen LogP contribution is 2.39. The molecule has 5 rings (SSSR count). The third kappa shape index (κ3) is 4.22. The predicted molar refractivity (Wildman–Crippen MR) is 141 cm³/mol. The lowest BCUT2D eigenvalue weighted by atomic mass is 9.94. The Hall–Kier alpha value is -3.48. The number of halogens is 1. The molecule has 1 aromatic heterocycles. The Kier molecular flexibility index (Phi) is 5.94. The summed E-state index contributed by atoms with van der Waals surface area (Å²) < 4.78 is 5.82. The Balaban J connectivity index is 1.65. The van der Waals surface area contributed by atoms with Crippen molar-refractivity contribution in [2.75, 3.05) is 4.90 Å². The Morgan fingerprint density at radius 1 is 0.941 bits per heavy atom. The number of allylic oxidation sites excluding steroid dienone is 1. The predicted octanol–water partition coefficient (Wildman–Crippen LogP) is 6.87. The Morgan fingerprint density at radius 2 is 1.68 bits per heavy atom. The van der Waals surface area contributed by atoms with Crippen LogP contribution in [0.25, 0.3) is 17.0 Å². The summed E-state index contributed by atoms with van der Waals surface area (Å²) in [5, 5.41) is 9.04. The molecule has 0 spiro atoms. The maximum Gasteiger partial charge on any atom is 0.258 e. The van der Waals surface area contributed by atoms with Crippen LogP contribution in [0.1, 0.15) is 35.5 Å². The van der Waals surface area contributed by atoms with Crippen molar-refractivity contribution in [2.45, 2.75) is 26.8 Å². The molecule has 1 atom stereocenters. The first kappa shape index (κ1) is 22.3. The van der Waals surface area contributed by atoms with Crippen molar-refractivity contribution < 1.29 is 4.52 Å². The van der Waals surface area contributed by atoms with Gasteiger partial charge in [0.15, 0.2) is 5.11 Å². The molecule has 1 N–H and O–H groups in total. The SMILES string of the molecule is CC1=C(c2nc(-c3ccc(C)cc3)no2)C(c2ccc(Cl)cc2)NC(=S)N1c1cccc(C)c1. The van der Waals surface area contributed by atoms with Crippen LogP contribution in [0.3, 0.4) is 0 Å². The van der Waals surface area contributed by atoms with Crippen molar-refractivity contribution in [3.63, 3.8) is 0 Å². The summed E-state index contributed by atoms with van der Waals surface area (Å²) in [6.07, 6.45) is 0. The van der Waals surface area contributed by atoms with Crippen LogP contribution >= 0.6 is 23.8 Å². The van der Waals surface area contributed by atoms with E-state index in [2.05, 4.69) is 29.5 Å². The largest absolute Gasteiger partial charge is 0.351 e. The van der Waals surface area contributed by atoms with Gasteiger partial charge in [-0.25, -0.2) is 0 Å². The Labute approximate surface area is 209 Å². The van der Waals surface area contributed by atoms with Crippen LogP contribution in [0.4, 0.5) is 5.69 Å². The lowest BCUT2D eigenvalue weighted by molar-refractivity contribution is 0.404. The fourth-order valence-electron chi connectivity index (χ4n) is 4.16. The molecule has 34 heavy (non-hydrogen) atoms. The molecule has 170 valence electrons. The second-order valence-electron chi connectivity index (χ2n) is 8.40. The van der Waals surface area contributed by atoms with Crippen LogP contribution in [0.2, 0.25) is 5.02 Å². The number of nitrogens with zero attached hydrogens (tertiary/aromatic N) is 3. The van der Waals surface area contributed by atoms with Gasteiger partial charge >= 0.3 is 0 Å². The molecule has 0 radical (unpaired) electrons. The van der Waals surface area contributed by atoms with E-state index in [-0.39, 0.29) is 6.04 Å². The molecular weight excluding hydrogens is 464 g/mol.